The zero-order valence-corrected chi connectivity index (χ0v) is 10.9. The van der Waals surface area contributed by atoms with Gasteiger partial charge in [-0.2, -0.15) is 0 Å². The number of rotatable bonds is 0. The van der Waals surface area contributed by atoms with E-state index in [0.29, 0.717) is 0 Å². The lowest BCUT2D eigenvalue weighted by atomic mass is 11.6. The fourth-order valence-electron chi connectivity index (χ4n) is 0. The lowest BCUT2D eigenvalue weighted by molar-refractivity contribution is 0.272. The van der Waals surface area contributed by atoms with Crippen molar-refractivity contribution in [2.24, 2.45) is 5.73 Å². The van der Waals surface area contributed by atoms with Gasteiger partial charge in [0.15, 0.2) is 0 Å². The molecule has 0 radical (unpaired) electrons. The van der Waals surface area contributed by atoms with Gasteiger partial charge in [-0.15, -0.1) is 0 Å². The van der Waals surface area contributed by atoms with Crippen LogP contribution in [0.15, 0.2) is 0 Å². The number of hydrogen-bond donors (Lipinski definition) is 10. The summed E-state index contributed by atoms with van der Waals surface area (Å²) in [5, 5.41) is 0. The van der Waals surface area contributed by atoms with Gasteiger partial charge in [-0.05, 0) is 7.05 Å². The summed E-state index contributed by atoms with van der Waals surface area (Å²) < 4.78 is 26.6. The van der Waals surface area contributed by atoms with E-state index in [1.54, 1.807) is 0 Å². The molecule has 11 N–H and O–H groups in total. The van der Waals surface area contributed by atoms with Gasteiger partial charge in [-0.25, -0.2) is 13.7 Å². The summed E-state index contributed by atoms with van der Waals surface area (Å²) in [6, 6.07) is 0. The van der Waals surface area contributed by atoms with E-state index in [1.165, 1.54) is 7.05 Å². The SMILES string of the molecule is CN.O=P(O)(O)O.O=P(O)(O)O.O=P(O)(O)O. The van der Waals surface area contributed by atoms with Crippen molar-refractivity contribution in [3.63, 3.8) is 0 Å². The standard InChI is InChI=1S/CH5N.3H3O4P/c1-2;3*1-5(2,3)4/h2H2,1H3;3*(H3,1,2,3,4). The van der Waals surface area contributed by atoms with Gasteiger partial charge in [-0.3, -0.25) is 0 Å². The Morgan fingerprint density at radius 2 is 0.529 bits per heavy atom. The van der Waals surface area contributed by atoms with Gasteiger partial charge >= 0.3 is 23.5 Å². The minimum atomic E-state index is -4.64. The van der Waals surface area contributed by atoms with Gasteiger partial charge < -0.3 is 49.8 Å². The number of nitrogens with two attached hydrogens (primary N) is 1. The van der Waals surface area contributed by atoms with E-state index < -0.39 is 23.5 Å². The summed E-state index contributed by atoms with van der Waals surface area (Å²) in [5.74, 6) is 0. The highest BCUT2D eigenvalue weighted by atomic mass is 31.2. The first-order valence-corrected chi connectivity index (χ1v) is 7.62. The van der Waals surface area contributed by atoms with Crippen LogP contribution in [-0.2, 0) is 13.7 Å². The molecular formula is CH14NO12P3. The zero-order chi connectivity index (χ0) is 15.5. The smallest absolute Gasteiger partial charge is 0.333 e. The van der Waals surface area contributed by atoms with Crippen molar-refractivity contribution in [1.82, 2.24) is 0 Å². The van der Waals surface area contributed by atoms with Crippen molar-refractivity contribution in [3.05, 3.63) is 0 Å². The summed E-state index contributed by atoms with van der Waals surface area (Å²) in [4.78, 5) is 64.7. The molecule has 17 heavy (non-hydrogen) atoms. The second kappa shape index (κ2) is 11.4. The summed E-state index contributed by atoms with van der Waals surface area (Å²) in [6.45, 7) is 0. The van der Waals surface area contributed by atoms with E-state index in [-0.39, 0.29) is 0 Å². The van der Waals surface area contributed by atoms with Crippen molar-refractivity contribution < 1.29 is 57.7 Å². The highest BCUT2D eigenvalue weighted by Crippen LogP contribution is 2.26. The first kappa shape index (κ1) is 26.0. The van der Waals surface area contributed by atoms with Crippen molar-refractivity contribution >= 4 is 23.5 Å². The highest BCUT2D eigenvalue weighted by molar-refractivity contribution is 7.45. The van der Waals surface area contributed by atoms with Crippen LogP contribution in [-0.4, -0.2) is 51.1 Å². The van der Waals surface area contributed by atoms with Gasteiger partial charge in [0.25, 0.3) is 0 Å². The molecular weight excluding hydrogens is 311 g/mol. The predicted molar refractivity (Wildman–Crippen MR) is 52.9 cm³/mol. The first-order valence-electron chi connectivity index (χ1n) is 2.93. The fraction of sp³-hybridized carbons (Fsp3) is 1.00. The average molecular weight is 325 g/mol. The maximum absolute atomic E-state index is 8.88. The molecule has 0 saturated heterocycles. The second-order valence-corrected chi connectivity index (χ2v) is 4.62. The summed E-state index contributed by atoms with van der Waals surface area (Å²) >= 11 is 0. The Morgan fingerprint density at radius 1 is 0.529 bits per heavy atom. The molecule has 0 atom stereocenters. The minimum Gasteiger partial charge on any atom is -0.333 e. The molecule has 0 rings (SSSR count). The molecule has 0 fully saturated rings. The van der Waals surface area contributed by atoms with Crippen molar-refractivity contribution in [2.75, 3.05) is 7.05 Å². The molecule has 0 saturated carbocycles. The molecule has 110 valence electrons. The van der Waals surface area contributed by atoms with Gasteiger partial charge in [0.05, 0.1) is 0 Å². The molecule has 0 aliphatic carbocycles. The topological polar surface area (TPSA) is 259 Å². The Balaban J connectivity index is -0.0000000693. The number of phosphoric acid groups is 3. The normalized spacial score (nSPS) is 10.8. The molecule has 0 aliphatic rings. The van der Waals surface area contributed by atoms with Crippen molar-refractivity contribution in [2.45, 2.75) is 0 Å². The summed E-state index contributed by atoms with van der Waals surface area (Å²) in [5.41, 5.74) is 4.50. The van der Waals surface area contributed by atoms with Gasteiger partial charge in [-0.1, -0.05) is 0 Å². The minimum absolute atomic E-state index is 1.50. The third kappa shape index (κ3) is 39600. The Hall–Kier alpha value is 0.290. The first-order chi connectivity index (χ1) is 7.00. The molecule has 0 spiro atoms. The van der Waals surface area contributed by atoms with E-state index in [9.17, 15) is 0 Å². The molecule has 0 aromatic heterocycles. The largest absolute Gasteiger partial charge is 0.466 e. The molecule has 16 heteroatoms. The van der Waals surface area contributed by atoms with Crippen molar-refractivity contribution in [1.29, 1.82) is 0 Å². The summed E-state index contributed by atoms with van der Waals surface area (Å²) in [6.07, 6.45) is 0. The third-order valence-electron chi connectivity index (χ3n) is 0. The van der Waals surface area contributed by atoms with E-state index in [0.717, 1.165) is 0 Å². The summed E-state index contributed by atoms with van der Waals surface area (Å²) in [7, 11) is -12.4. The fourth-order valence-corrected chi connectivity index (χ4v) is 0. The lowest BCUT2D eigenvalue weighted by Gasteiger charge is -1.82. The Morgan fingerprint density at radius 3 is 0.529 bits per heavy atom. The molecule has 0 amide bonds. The van der Waals surface area contributed by atoms with Crippen LogP contribution in [0.4, 0.5) is 0 Å². The monoisotopic (exact) mass is 325 g/mol. The average Bonchev–Trinajstić information content (AvgIpc) is 1.77. The molecule has 0 aliphatic heterocycles. The lowest BCUT2D eigenvalue weighted by Crippen LogP contribution is -1.69. The molecule has 0 aromatic rings. The van der Waals surface area contributed by atoms with E-state index in [1.807, 2.05) is 0 Å². The molecule has 13 nitrogen and oxygen atoms in total. The van der Waals surface area contributed by atoms with Crippen molar-refractivity contribution in [3.8, 4) is 0 Å². The highest BCUT2D eigenvalue weighted by Gasteiger charge is 2.01. The third-order valence-corrected chi connectivity index (χ3v) is 0. The van der Waals surface area contributed by atoms with E-state index in [4.69, 9.17) is 57.7 Å². The van der Waals surface area contributed by atoms with Crippen LogP contribution in [0.25, 0.3) is 0 Å². The van der Waals surface area contributed by atoms with Gasteiger partial charge in [0.1, 0.15) is 0 Å². The van der Waals surface area contributed by atoms with E-state index in [2.05, 4.69) is 5.73 Å². The van der Waals surface area contributed by atoms with Crippen LogP contribution < -0.4 is 5.73 Å². The maximum atomic E-state index is 8.88. The van der Waals surface area contributed by atoms with Crippen LogP contribution in [0.3, 0.4) is 0 Å². The Kier molecular flexibility index (Phi) is 17.4. The second-order valence-electron chi connectivity index (χ2n) is 1.54. The van der Waals surface area contributed by atoms with E-state index >= 15 is 0 Å². The zero-order valence-electron chi connectivity index (χ0n) is 8.17. The van der Waals surface area contributed by atoms with Gasteiger partial charge in [0.2, 0.25) is 0 Å². The van der Waals surface area contributed by atoms with Crippen LogP contribution in [0.2, 0.25) is 0 Å². The molecule has 0 bridgehead atoms. The van der Waals surface area contributed by atoms with Crippen LogP contribution in [0, 0.1) is 0 Å². The molecule has 0 heterocycles. The van der Waals surface area contributed by atoms with Crippen LogP contribution in [0.5, 0.6) is 0 Å². The maximum Gasteiger partial charge on any atom is 0.466 e. The van der Waals surface area contributed by atoms with Crippen LogP contribution >= 0.6 is 23.5 Å². The Labute approximate surface area is 94.9 Å². The molecule has 0 unspecified atom stereocenters. The van der Waals surface area contributed by atoms with Crippen LogP contribution in [0.1, 0.15) is 0 Å². The quantitative estimate of drug-likeness (QED) is 0.197. The predicted octanol–water partition coefficient (Wildman–Crippen LogP) is -3.21. The van der Waals surface area contributed by atoms with Gasteiger partial charge in [0, 0.05) is 0 Å². The Bertz CT molecular complexity index is 208. The molecule has 0 aromatic carbocycles. The number of hydrogen-bond acceptors (Lipinski definition) is 4.